The number of urea groups is 1. The monoisotopic (exact) mass is 536 g/mol. The van der Waals surface area contributed by atoms with E-state index in [0.29, 0.717) is 62.2 Å². The number of nitrogens with zero attached hydrogens (tertiary/aromatic N) is 4. The van der Waals surface area contributed by atoms with E-state index in [1.54, 1.807) is 24.3 Å². The number of amides is 2. The van der Waals surface area contributed by atoms with E-state index in [-0.39, 0.29) is 17.1 Å². The van der Waals surface area contributed by atoms with Crippen LogP contribution in [0, 0.1) is 0 Å². The lowest BCUT2D eigenvalue weighted by Gasteiger charge is -2.34. The molecule has 2 fully saturated rings. The van der Waals surface area contributed by atoms with Crippen LogP contribution < -0.4 is 15.5 Å². The van der Waals surface area contributed by atoms with E-state index in [9.17, 15) is 13.2 Å². The highest BCUT2D eigenvalue weighted by molar-refractivity contribution is 7.92. The lowest BCUT2D eigenvalue weighted by atomic mass is 10.1. The summed E-state index contributed by atoms with van der Waals surface area (Å²) < 4.78 is 31.9. The molecule has 1 aliphatic carbocycles. The van der Waals surface area contributed by atoms with Crippen molar-refractivity contribution < 1.29 is 17.9 Å². The number of carbonyl (C=O) groups excluding carboxylic acids is 1. The van der Waals surface area contributed by atoms with Crippen LogP contribution in [0.5, 0.6) is 0 Å². The van der Waals surface area contributed by atoms with Gasteiger partial charge in [0.25, 0.3) is 0 Å². The number of aromatic nitrogens is 3. The van der Waals surface area contributed by atoms with Crippen molar-refractivity contribution >= 4 is 27.4 Å². The van der Waals surface area contributed by atoms with E-state index in [1.807, 2.05) is 25.1 Å². The smallest absolute Gasteiger partial charge is 0.319 e. The maximum Gasteiger partial charge on any atom is 0.319 e. The van der Waals surface area contributed by atoms with Gasteiger partial charge in [-0.15, -0.1) is 0 Å². The van der Waals surface area contributed by atoms with Gasteiger partial charge < -0.3 is 20.3 Å². The molecule has 1 saturated carbocycles. The zero-order chi connectivity index (χ0) is 26.8. The topological polar surface area (TPSA) is 126 Å². The molecule has 2 N–H and O–H groups in total. The molecule has 1 saturated heterocycles. The number of rotatable bonds is 8. The Balaban J connectivity index is 1.53. The first-order valence-corrected chi connectivity index (χ1v) is 14.4. The van der Waals surface area contributed by atoms with E-state index in [1.165, 1.54) is 12.3 Å². The van der Waals surface area contributed by atoms with Gasteiger partial charge in [-0.3, -0.25) is 0 Å². The quantitative estimate of drug-likeness (QED) is 0.446. The normalized spacial score (nSPS) is 18.6. The van der Waals surface area contributed by atoms with Crippen molar-refractivity contribution in [2.75, 3.05) is 36.5 Å². The maximum atomic E-state index is 13.7. The Hall–Kier alpha value is -3.57. The van der Waals surface area contributed by atoms with Crippen LogP contribution in [0.25, 0.3) is 11.4 Å². The van der Waals surface area contributed by atoms with E-state index in [0.717, 1.165) is 12.0 Å². The summed E-state index contributed by atoms with van der Waals surface area (Å²) in [7, 11) is -3.77. The van der Waals surface area contributed by atoms with Crippen molar-refractivity contribution in [3.8, 4) is 11.4 Å². The highest BCUT2D eigenvalue weighted by Crippen LogP contribution is 2.54. The van der Waals surface area contributed by atoms with Crippen LogP contribution >= 0.6 is 0 Å². The Labute approximate surface area is 222 Å². The number of benzene rings is 1. The number of pyridine rings is 1. The van der Waals surface area contributed by atoms with Gasteiger partial charge in [-0.25, -0.2) is 28.2 Å². The number of anilines is 2. The fourth-order valence-electron chi connectivity index (χ4n) is 4.61. The molecule has 0 spiro atoms. The summed E-state index contributed by atoms with van der Waals surface area (Å²) in [4.78, 5) is 28.0. The standard InChI is InChI=1S/C27H32N6O4S/c1-3-13-29-26(34)30-21-9-7-20(8-10-21)25-31-22(17-23(32-25)33-15-16-37-18-19(33)2)27(11-12-27)38(35,36)24-6-4-5-14-28-24/h4-10,14,17,19H,3,11-13,15-16,18H2,1-2H3,(H2,29,30,34)/t19-/m0/s1. The number of carbonyl (C=O) groups is 1. The lowest BCUT2D eigenvalue weighted by Crippen LogP contribution is -2.44. The molecule has 0 radical (unpaired) electrons. The molecule has 2 aromatic heterocycles. The SMILES string of the molecule is CCCNC(=O)Nc1ccc(-c2nc(N3CCOC[C@@H]3C)cc(C3(S(=O)(=O)c4ccccn4)CC3)n2)cc1. The van der Waals surface area contributed by atoms with Crippen molar-refractivity contribution in [2.24, 2.45) is 0 Å². The fraction of sp³-hybridized carbons (Fsp3) is 0.407. The minimum atomic E-state index is -3.77. The van der Waals surface area contributed by atoms with Crippen LogP contribution in [0.4, 0.5) is 16.3 Å². The zero-order valence-corrected chi connectivity index (χ0v) is 22.4. The summed E-state index contributed by atoms with van der Waals surface area (Å²) in [5, 5.41) is 5.64. The molecule has 2 amide bonds. The predicted octanol–water partition coefficient (Wildman–Crippen LogP) is 3.76. The molecule has 2 aliphatic rings. The molecule has 0 unspecified atom stereocenters. The van der Waals surface area contributed by atoms with Gasteiger partial charge in [-0.2, -0.15) is 0 Å². The van der Waals surface area contributed by atoms with Crippen LogP contribution in [0.1, 0.15) is 38.8 Å². The van der Waals surface area contributed by atoms with E-state index < -0.39 is 14.6 Å². The summed E-state index contributed by atoms with van der Waals surface area (Å²) in [6.45, 7) is 6.41. The number of ether oxygens (including phenoxy) is 1. The molecule has 1 aliphatic heterocycles. The van der Waals surface area contributed by atoms with Gasteiger partial charge in [0.15, 0.2) is 10.9 Å². The van der Waals surface area contributed by atoms with Crippen molar-refractivity contribution in [2.45, 2.75) is 48.9 Å². The van der Waals surface area contributed by atoms with Gasteiger partial charge in [-0.05, 0) is 62.6 Å². The summed E-state index contributed by atoms with van der Waals surface area (Å²) in [5.41, 5.74) is 1.83. The van der Waals surface area contributed by atoms with Gasteiger partial charge in [0.05, 0.1) is 24.9 Å². The highest BCUT2D eigenvalue weighted by atomic mass is 32.2. The average molecular weight is 537 g/mol. The number of nitrogens with one attached hydrogen (secondary N) is 2. The lowest BCUT2D eigenvalue weighted by molar-refractivity contribution is 0.0985. The van der Waals surface area contributed by atoms with E-state index in [4.69, 9.17) is 14.7 Å². The van der Waals surface area contributed by atoms with Gasteiger partial charge in [0, 0.05) is 36.6 Å². The second-order valence-electron chi connectivity index (χ2n) is 9.68. The Morgan fingerprint density at radius 1 is 1.16 bits per heavy atom. The van der Waals surface area contributed by atoms with Gasteiger partial charge in [0.2, 0.25) is 9.84 Å². The Kier molecular flexibility index (Phi) is 7.31. The summed E-state index contributed by atoms with van der Waals surface area (Å²) in [6.07, 6.45) is 3.28. The Bertz CT molecular complexity index is 1390. The van der Waals surface area contributed by atoms with Crippen LogP contribution in [0.3, 0.4) is 0 Å². The molecular formula is C27H32N6O4S. The molecule has 3 heterocycles. The maximum absolute atomic E-state index is 13.7. The number of hydrogen-bond acceptors (Lipinski definition) is 8. The van der Waals surface area contributed by atoms with Gasteiger partial charge in [-0.1, -0.05) is 13.0 Å². The molecule has 11 heteroatoms. The first-order valence-electron chi connectivity index (χ1n) is 12.9. The minimum absolute atomic E-state index is 0.0516. The van der Waals surface area contributed by atoms with Crippen LogP contribution in [0.2, 0.25) is 0 Å². The van der Waals surface area contributed by atoms with Crippen molar-refractivity contribution in [3.63, 3.8) is 0 Å². The molecule has 0 bridgehead atoms. The molecule has 1 aromatic carbocycles. The molecule has 200 valence electrons. The first-order chi connectivity index (χ1) is 18.3. The fourth-order valence-corrected chi connectivity index (χ4v) is 6.49. The van der Waals surface area contributed by atoms with Gasteiger partial charge >= 0.3 is 6.03 Å². The van der Waals surface area contributed by atoms with Crippen molar-refractivity contribution in [1.29, 1.82) is 0 Å². The summed E-state index contributed by atoms with van der Waals surface area (Å²) >= 11 is 0. The molecule has 38 heavy (non-hydrogen) atoms. The molecular weight excluding hydrogens is 504 g/mol. The first kappa shape index (κ1) is 26.1. The third-order valence-corrected chi connectivity index (χ3v) is 9.35. The minimum Gasteiger partial charge on any atom is -0.377 e. The number of morpholine rings is 1. The van der Waals surface area contributed by atoms with Crippen LogP contribution in [-0.4, -0.2) is 61.7 Å². The second kappa shape index (κ2) is 10.7. The molecule has 10 nitrogen and oxygen atoms in total. The third-order valence-electron chi connectivity index (χ3n) is 6.91. The third kappa shape index (κ3) is 5.08. The number of hydrogen-bond donors (Lipinski definition) is 2. The average Bonchev–Trinajstić information content (AvgIpc) is 3.76. The van der Waals surface area contributed by atoms with Crippen molar-refractivity contribution in [1.82, 2.24) is 20.3 Å². The zero-order valence-electron chi connectivity index (χ0n) is 21.6. The number of sulfone groups is 1. The predicted molar refractivity (Wildman–Crippen MR) is 145 cm³/mol. The van der Waals surface area contributed by atoms with Crippen LogP contribution in [0.15, 0.2) is 59.8 Å². The highest BCUT2D eigenvalue weighted by Gasteiger charge is 2.58. The second-order valence-corrected chi connectivity index (χ2v) is 11.9. The van der Waals surface area contributed by atoms with Gasteiger partial charge in [0.1, 0.15) is 10.6 Å². The van der Waals surface area contributed by atoms with Crippen molar-refractivity contribution in [3.05, 3.63) is 60.4 Å². The Morgan fingerprint density at radius 2 is 1.95 bits per heavy atom. The largest absolute Gasteiger partial charge is 0.377 e. The van der Waals surface area contributed by atoms with E-state index in [2.05, 4.69) is 27.4 Å². The molecule has 3 aromatic rings. The van der Waals surface area contributed by atoms with E-state index >= 15 is 0 Å². The molecule has 1 atom stereocenters. The Morgan fingerprint density at radius 3 is 2.61 bits per heavy atom. The molecule has 5 rings (SSSR count). The summed E-state index contributed by atoms with van der Waals surface area (Å²) in [5.74, 6) is 1.10. The van der Waals surface area contributed by atoms with Crippen LogP contribution in [-0.2, 0) is 19.3 Å². The summed E-state index contributed by atoms with van der Waals surface area (Å²) in [6, 6.07) is 13.8.